The molecule has 1 aromatic heterocycles. The maximum absolute atomic E-state index is 13.0. The van der Waals surface area contributed by atoms with Crippen molar-refractivity contribution >= 4 is 17.3 Å². The molecule has 0 aliphatic heterocycles. The van der Waals surface area contributed by atoms with Gasteiger partial charge >= 0.3 is 6.18 Å². The molecular weight excluding hydrogens is 399 g/mol. The molecule has 0 spiro atoms. The number of alkyl halides is 3. The van der Waals surface area contributed by atoms with Crippen LogP contribution in [0.25, 0.3) is 5.69 Å². The number of rotatable bonds is 4. The highest BCUT2D eigenvalue weighted by Gasteiger charge is 2.31. The molecule has 0 aliphatic rings. The molecule has 156 valence electrons. The van der Waals surface area contributed by atoms with Gasteiger partial charge in [0.2, 0.25) is 0 Å². The van der Waals surface area contributed by atoms with Crippen LogP contribution in [0.2, 0.25) is 0 Å². The molecule has 7 nitrogen and oxygen atoms in total. The molecule has 0 fully saturated rings. The third-order valence-electron chi connectivity index (χ3n) is 4.35. The molecule has 0 aliphatic carbocycles. The molecule has 0 saturated heterocycles. The second kappa shape index (κ2) is 7.90. The van der Waals surface area contributed by atoms with Gasteiger partial charge < -0.3 is 16.8 Å². The summed E-state index contributed by atoms with van der Waals surface area (Å²) in [6.45, 7) is 1.51. The van der Waals surface area contributed by atoms with Gasteiger partial charge in [0.25, 0.3) is 11.5 Å². The van der Waals surface area contributed by atoms with Crippen molar-refractivity contribution in [3.8, 4) is 5.69 Å². The molecule has 1 atom stereocenters. The molecule has 3 aromatic rings. The van der Waals surface area contributed by atoms with Crippen molar-refractivity contribution < 1.29 is 18.0 Å². The van der Waals surface area contributed by atoms with Crippen molar-refractivity contribution in [2.75, 3.05) is 11.5 Å². The van der Waals surface area contributed by atoms with Gasteiger partial charge in [0.15, 0.2) is 0 Å². The van der Waals surface area contributed by atoms with Gasteiger partial charge in [-0.25, -0.2) is 0 Å². The second-order valence-electron chi connectivity index (χ2n) is 6.61. The first-order valence-electron chi connectivity index (χ1n) is 8.80. The van der Waals surface area contributed by atoms with Gasteiger partial charge in [-0.2, -0.15) is 23.0 Å². The Morgan fingerprint density at radius 2 is 1.80 bits per heavy atom. The largest absolute Gasteiger partial charge is 0.416 e. The van der Waals surface area contributed by atoms with Gasteiger partial charge in [-0.1, -0.05) is 12.1 Å². The van der Waals surface area contributed by atoms with E-state index in [-0.39, 0.29) is 22.6 Å². The Balaban J connectivity index is 1.88. The third kappa shape index (κ3) is 4.43. The number of nitrogen functional groups attached to an aromatic ring is 2. The van der Waals surface area contributed by atoms with E-state index in [9.17, 15) is 22.8 Å². The topological polar surface area (TPSA) is 116 Å². The number of carbonyl (C=O) groups is 1. The highest BCUT2D eigenvalue weighted by molar-refractivity contribution is 5.92. The number of nitrogens with zero attached hydrogens (tertiary/aromatic N) is 2. The molecule has 2 aromatic carbocycles. The number of halogens is 3. The minimum absolute atomic E-state index is 0.0767. The number of benzene rings is 2. The van der Waals surface area contributed by atoms with Crippen LogP contribution in [-0.4, -0.2) is 15.7 Å². The van der Waals surface area contributed by atoms with Crippen LogP contribution in [0, 0.1) is 0 Å². The number of para-hydroxylation sites is 2. The first-order valence-corrected chi connectivity index (χ1v) is 8.80. The fourth-order valence-electron chi connectivity index (χ4n) is 2.83. The minimum Gasteiger partial charge on any atom is -0.399 e. The van der Waals surface area contributed by atoms with Crippen LogP contribution in [0.5, 0.6) is 0 Å². The first kappa shape index (κ1) is 20.9. The van der Waals surface area contributed by atoms with Crippen LogP contribution < -0.4 is 22.3 Å². The second-order valence-corrected chi connectivity index (χ2v) is 6.61. The van der Waals surface area contributed by atoms with Crippen LogP contribution in [-0.2, 0) is 6.18 Å². The van der Waals surface area contributed by atoms with Crippen molar-refractivity contribution in [1.29, 1.82) is 0 Å². The summed E-state index contributed by atoms with van der Waals surface area (Å²) in [5.74, 6) is -0.679. The molecule has 5 N–H and O–H groups in total. The SMILES string of the molecule is CC(NC(=O)c1ccc(=O)n(-c2ccccc2N)n1)c1cc(N)cc(C(F)(F)F)c1. The predicted molar refractivity (Wildman–Crippen MR) is 106 cm³/mol. The van der Waals surface area contributed by atoms with Gasteiger partial charge in [-0.05, 0) is 48.9 Å². The van der Waals surface area contributed by atoms with E-state index in [0.717, 1.165) is 22.9 Å². The summed E-state index contributed by atoms with van der Waals surface area (Å²) in [7, 11) is 0. The van der Waals surface area contributed by atoms with Crippen LogP contribution >= 0.6 is 0 Å². The van der Waals surface area contributed by atoms with E-state index in [0.29, 0.717) is 5.69 Å². The van der Waals surface area contributed by atoms with Crippen molar-refractivity contribution in [1.82, 2.24) is 15.1 Å². The number of carbonyl (C=O) groups excluding carboxylic acids is 1. The number of nitrogens with one attached hydrogen (secondary N) is 1. The molecular formula is C20H18F3N5O2. The third-order valence-corrected chi connectivity index (χ3v) is 4.35. The lowest BCUT2D eigenvalue weighted by molar-refractivity contribution is -0.137. The first-order chi connectivity index (χ1) is 14.1. The zero-order valence-electron chi connectivity index (χ0n) is 15.8. The number of hydrogen-bond donors (Lipinski definition) is 3. The molecule has 10 heteroatoms. The monoisotopic (exact) mass is 417 g/mol. The lowest BCUT2D eigenvalue weighted by Crippen LogP contribution is -2.31. The molecule has 1 unspecified atom stereocenters. The Labute approximate surface area is 169 Å². The smallest absolute Gasteiger partial charge is 0.399 e. The quantitative estimate of drug-likeness (QED) is 0.565. The Morgan fingerprint density at radius 3 is 2.47 bits per heavy atom. The van der Waals surface area contributed by atoms with Gasteiger partial charge in [-0.3, -0.25) is 9.59 Å². The van der Waals surface area contributed by atoms with E-state index < -0.39 is 29.2 Å². The van der Waals surface area contributed by atoms with Crippen molar-refractivity contribution in [3.05, 3.63) is 81.8 Å². The van der Waals surface area contributed by atoms with E-state index in [2.05, 4.69) is 10.4 Å². The average Bonchev–Trinajstić information content (AvgIpc) is 2.67. The van der Waals surface area contributed by atoms with Crippen molar-refractivity contribution in [2.24, 2.45) is 0 Å². The number of anilines is 2. The zero-order chi connectivity index (χ0) is 22.1. The van der Waals surface area contributed by atoms with Gasteiger partial charge in [0, 0.05) is 11.8 Å². The summed E-state index contributed by atoms with van der Waals surface area (Å²) in [4.78, 5) is 24.8. The number of hydrogen-bond acceptors (Lipinski definition) is 5. The van der Waals surface area contributed by atoms with E-state index >= 15 is 0 Å². The summed E-state index contributed by atoms with van der Waals surface area (Å²) in [6.07, 6.45) is -4.57. The molecule has 1 heterocycles. The maximum atomic E-state index is 13.0. The summed E-state index contributed by atoms with van der Waals surface area (Å²) >= 11 is 0. The Morgan fingerprint density at radius 1 is 1.10 bits per heavy atom. The molecule has 0 bridgehead atoms. The lowest BCUT2D eigenvalue weighted by atomic mass is 10.0. The highest BCUT2D eigenvalue weighted by Crippen LogP contribution is 2.32. The number of nitrogens with two attached hydrogens (primary N) is 2. The van der Waals surface area contributed by atoms with Crippen LogP contribution in [0.4, 0.5) is 24.5 Å². The molecule has 0 saturated carbocycles. The van der Waals surface area contributed by atoms with Crippen LogP contribution in [0.3, 0.4) is 0 Å². The van der Waals surface area contributed by atoms with Crippen molar-refractivity contribution in [3.63, 3.8) is 0 Å². The van der Waals surface area contributed by atoms with E-state index in [1.165, 1.54) is 19.1 Å². The minimum atomic E-state index is -4.57. The lowest BCUT2D eigenvalue weighted by Gasteiger charge is -2.17. The van der Waals surface area contributed by atoms with E-state index in [4.69, 9.17) is 11.5 Å². The summed E-state index contributed by atoms with van der Waals surface area (Å²) in [5, 5.41) is 6.59. The summed E-state index contributed by atoms with van der Waals surface area (Å²) < 4.78 is 40.0. The summed E-state index contributed by atoms with van der Waals surface area (Å²) in [5.41, 5.74) is 10.6. The molecule has 30 heavy (non-hydrogen) atoms. The van der Waals surface area contributed by atoms with E-state index in [1.54, 1.807) is 24.3 Å². The van der Waals surface area contributed by atoms with E-state index in [1.807, 2.05) is 0 Å². The molecule has 1 amide bonds. The van der Waals surface area contributed by atoms with Crippen molar-refractivity contribution in [2.45, 2.75) is 19.1 Å². The number of amides is 1. The predicted octanol–water partition coefficient (Wildman–Crippen LogP) is 2.91. The Bertz CT molecular complexity index is 1160. The number of aromatic nitrogens is 2. The molecule has 3 rings (SSSR count). The van der Waals surface area contributed by atoms with Gasteiger partial charge in [0.1, 0.15) is 5.69 Å². The van der Waals surface area contributed by atoms with Crippen LogP contribution in [0.15, 0.2) is 59.4 Å². The average molecular weight is 417 g/mol. The Hall–Kier alpha value is -3.82. The Kier molecular flexibility index (Phi) is 5.50. The maximum Gasteiger partial charge on any atom is 0.416 e. The summed E-state index contributed by atoms with van der Waals surface area (Å²) in [6, 6.07) is 11.2. The normalized spacial score (nSPS) is 12.4. The fourth-order valence-corrected chi connectivity index (χ4v) is 2.83. The van der Waals surface area contributed by atoms with Gasteiger partial charge in [0.05, 0.1) is 23.0 Å². The van der Waals surface area contributed by atoms with Crippen LogP contribution in [0.1, 0.15) is 34.6 Å². The fraction of sp³-hybridized carbons (Fsp3) is 0.150. The van der Waals surface area contributed by atoms with Gasteiger partial charge in [-0.15, -0.1) is 0 Å². The standard InChI is InChI=1S/C20H18F3N5O2/c1-11(12-8-13(20(21,22)23)10-14(24)9-12)26-19(30)16-6-7-18(29)28(27-16)17-5-3-2-4-15(17)25/h2-11H,24-25H2,1H3,(H,26,30). The zero-order valence-corrected chi connectivity index (χ0v) is 15.8. The highest BCUT2D eigenvalue weighted by atomic mass is 19.4. The molecule has 0 radical (unpaired) electrons.